The van der Waals surface area contributed by atoms with Crippen molar-refractivity contribution in [3.63, 3.8) is 0 Å². The van der Waals surface area contributed by atoms with Crippen molar-refractivity contribution in [2.24, 2.45) is 34.5 Å². The maximum absolute atomic E-state index is 10.4. The zero-order chi connectivity index (χ0) is 17.3. The fourth-order valence-electron chi connectivity index (χ4n) is 7.33. The first kappa shape index (κ1) is 15.0. The van der Waals surface area contributed by atoms with E-state index in [1.807, 2.05) is 0 Å². The Labute approximate surface area is 142 Å². The maximum Gasteiger partial charge on any atom is 0.0601 e. The van der Waals surface area contributed by atoms with Crippen molar-refractivity contribution < 1.29 is 11.6 Å². The first-order chi connectivity index (χ1) is 11.2. The van der Waals surface area contributed by atoms with E-state index >= 15 is 0 Å². The minimum atomic E-state index is -1.30. The predicted octanol–water partition coefficient (Wildman–Crippen LogP) is 4.31. The van der Waals surface area contributed by atoms with Crippen LogP contribution in [-0.4, -0.2) is 22.4 Å². The zero-order valence-corrected chi connectivity index (χ0v) is 15.0. The first-order valence-electron chi connectivity index (χ1n) is 10.3. The van der Waals surface area contributed by atoms with Crippen molar-refractivity contribution in [2.75, 3.05) is 0 Å². The molecule has 0 bridgehead atoms. The Kier molecular flexibility index (Phi) is 3.46. The Hall–Kier alpha value is -0.340. The highest BCUT2D eigenvalue weighted by Gasteiger charge is 2.59. The SMILES string of the molecule is [2H][C@](C)(O)[C@H]1CC[C@H]2[C@@H]3CC=C4C[C@@H](O)CC[C@]4(C)[C@H]3CC[C@@]21C. The van der Waals surface area contributed by atoms with Gasteiger partial charge < -0.3 is 10.2 Å². The molecule has 0 radical (unpaired) electrons. The molecule has 3 fully saturated rings. The molecule has 2 N–H and O–H groups in total. The maximum atomic E-state index is 10.4. The number of hydrogen-bond donors (Lipinski definition) is 2. The molecule has 0 spiro atoms. The highest BCUT2D eigenvalue weighted by atomic mass is 16.3. The van der Waals surface area contributed by atoms with Gasteiger partial charge in [-0.2, -0.15) is 0 Å². The van der Waals surface area contributed by atoms with Gasteiger partial charge in [0, 0.05) is 0 Å². The van der Waals surface area contributed by atoms with E-state index in [2.05, 4.69) is 19.9 Å². The highest BCUT2D eigenvalue weighted by Crippen LogP contribution is 2.66. The van der Waals surface area contributed by atoms with Gasteiger partial charge in [-0.05, 0) is 92.8 Å². The third kappa shape index (κ3) is 2.20. The summed E-state index contributed by atoms with van der Waals surface area (Å²) in [5.41, 5.74) is 1.93. The molecule has 2 heteroatoms. The third-order valence-electron chi connectivity index (χ3n) is 8.58. The van der Waals surface area contributed by atoms with Crippen LogP contribution in [0.4, 0.5) is 0 Å². The van der Waals surface area contributed by atoms with Gasteiger partial charge >= 0.3 is 0 Å². The Bertz CT molecular complexity index is 551. The van der Waals surface area contributed by atoms with Gasteiger partial charge in [0.05, 0.1) is 13.6 Å². The summed E-state index contributed by atoms with van der Waals surface area (Å²) in [4.78, 5) is 0. The van der Waals surface area contributed by atoms with Gasteiger partial charge in [0.15, 0.2) is 0 Å². The highest BCUT2D eigenvalue weighted by molar-refractivity contribution is 5.25. The smallest absolute Gasteiger partial charge is 0.0601 e. The molecule has 2 nitrogen and oxygen atoms in total. The average Bonchev–Trinajstić information content (AvgIpc) is 2.85. The Balaban J connectivity index is 1.65. The largest absolute Gasteiger partial charge is 0.393 e. The van der Waals surface area contributed by atoms with Crippen LogP contribution in [0.25, 0.3) is 0 Å². The molecule has 0 heterocycles. The lowest BCUT2D eigenvalue weighted by Crippen LogP contribution is -2.51. The van der Waals surface area contributed by atoms with Crippen LogP contribution in [0.1, 0.15) is 73.5 Å². The molecule has 4 aliphatic carbocycles. The number of allylic oxidation sites excluding steroid dienone is 1. The molecule has 8 atom stereocenters. The van der Waals surface area contributed by atoms with Crippen LogP contribution in [0, 0.1) is 34.5 Å². The Morgan fingerprint density at radius 2 is 1.96 bits per heavy atom. The summed E-state index contributed by atoms with van der Waals surface area (Å²) in [7, 11) is 0. The molecule has 130 valence electrons. The molecule has 0 unspecified atom stereocenters. The van der Waals surface area contributed by atoms with Gasteiger partial charge in [-0.25, -0.2) is 0 Å². The van der Waals surface area contributed by atoms with Crippen molar-refractivity contribution >= 4 is 0 Å². The fourth-order valence-corrected chi connectivity index (χ4v) is 7.33. The van der Waals surface area contributed by atoms with Gasteiger partial charge in [0.1, 0.15) is 0 Å². The molecule has 0 aromatic rings. The quantitative estimate of drug-likeness (QED) is 0.707. The summed E-state index contributed by atoms with van der Waals surface area (Å²) in [5, 5.41) is 20.5. The van der Waals surface area contributed by atoms with E-state index in [9.17, 15) is 10.2 Å². The van der Waals surface area contributed by atoms with Crippen LogP contribution in [0.3, 0.4) is 0 Å². The van der Waals surface area contributed by atoms with Crippen LogP contribution in [0.5, 0.6) is 0 Å². The molecule has 3 saturated carbocycles. The van der Waals surface area contributed by atoms with Crippen molar-refractivity contribution in [2.45, 2.75) is 84.3 Å². The number of fused-ring (bicyclic) bond motifs is 5. The molecular formula is C21H34O2. The molecular weight excluding hydrogens is 284 g/mol. The second-order valence-electron chi connectivity index (χ2n) is 9.47. The van der Waals surface area contributed by atoms with E-state index in [4.69, 9.17) is 1.37 Å². The molecule has 4 rings (SSSR count). The van der Waals surface area contributed by atoms with E-state index in [1.54, 1.807) is 6.92 Å². The minimum Gasteiger partial charge on any atom is -0.393 e. The number of aliphatic hydroxyl groups excluding tert-OH is 1. The van der Waals surface area contributed by atoms with Crippen molar-refractivity contribution in [1.82, 2.24) is 0 Å². The molecule has 0 saturated heterocycles. The molecule has 0 aromatic heterocycles. The van der Waals surface area contributed by atoms with E-state index < -0.39 is 6.08 Å². The van der Waals surface area contributed by atoms with Crippen molar-refractivity contribution in [3.8, 4) is 0 Å². The lowest BCUT2D eigenvalue weighted by atomic mass is 9.47. The Morgan fingerprint density at radius 3 is 2.70 bits per heavy atom. The van der Waals surface area contributed by atoms with Crippen molar-refractivity contribution in [3.05, 3.63) is 11.6 Å². The van der Waals surface area contributed by atoms with Crippen LogP contribution < -0.4 is 0 Å². The van der Waals surface area contributed by atoms with E-state index in [0.29, 0.717) is 11.8 Å². The summed E-state index contributed by atoms with van der Waals surface area (Å²) in [5.74, 6) is 2.21. The second-order valence-corrected chi connectivity index (χ2v) is 9.47. The fraction of sp³-hybridized carbons (Fsp3) is 0.905. The summed E-state index contributed by atoms with van der Waals surface area (Å²) in [6.45, 7) is 6.51. The summed E-state index contributed by atoms with van der Waals surface area (Å²) >= 11 is 0. The van der Waals surface area contributed by atoms with Gasteiger partial charge in [-0.3, -0.25) is 0 Å². The first-order valence-corrected chi connectivity index (χ1v) is 9.76. The summed E-state index contributed by atoms with van der Waals surface area (Å²) in [6.07, 6.45) is 9.70. The topological polar surface area (TPSA) is 40.5 Å². The van der Waals surface area contributed by atoms with Crippen LogP contribution in [0.15, 0.2) is 11.6 Å². The third-order valence-corrected chi connectivity index (χ3v) is 8.58. The molecule has 4 aliphatic rings. The van der Waals surface area contributed by atoms with Crippen LogP contribution in [0.2, 0.25) is 0 Å². The van der Waals surface area contributed by atoms with Gasteiger partial charge in [-0.1, -0.05) is 25.5 Å². The predicted molar refractivity (Wildman–Crippen MR) is 92.9 cm³/mol. The second kappa shape index (κ2) is 5.33. The number of rotatable bonds is 1. The lowest BCUT2D eigenvalue weighted by Gasteiger charge is -2.58. The summed E-state index contributed by atoms with van der Waals surface area (Å²) < 4.78 is 8.23. The molecule has 0 aromatic carbocycles. The normalized spacial score (nSPS) is 55.8. The van der Waals surface area contributed by atoms with Crippen molar-refractivity contribution in [1.29, 1.82) is 0 Å². The van der Waals surface area contributed by atoms with E-state index in [-0.39, 0.29) is 22.9 Å². The lowest BCUT2D eigenvalue weighted by molar-refractivity contribution is -0.0675. The van der Waals surface area contributed by atoms with E-state index in [1.165, 1.54) is 18.4 Å². The molecule has 0 amide bonds. The standard InChI is InChI=1S/C21H34O2/c1-13(22)17-6-7-18-16-5-4-14-12-15(23)8-10-20(14,2)19(16)9-11-21(17,18)3/h4,13,15-19,22-23H,5-12H2,1-3H3/t13-,15+,16+,17-,18+,19+,20+,21-/m1/s1/i13D. The summed E-state index contributed by atoms with van der Waals surface area (Å²) in [6, 6.07) is 0. The van der Waals surface area contributed by atoms with Crippen LogP contribution >= 0.6 is 0 Å². The zero-order valence-electron chi connectivity index (χ0n) is 16.0. The van der Waals surface area contributed by atoms with Gasteiger partial charge in [-0.15, -0.1) is 0 Å². The minimum absolute atomic E-state index is 0.113. The van der Waals surface area contributed by atoms with Gasteiger partial charge in [0.25, 0.3) is 0 Å². The van der Waals surface area contributed by atoms with Gasteiger partial charge in [0.2, 0.25) is 0 Å². The monoisotopic (exact) mass is 319 g/mol. The van der Waals surface area contributed by atoms with E-state index in [0.717, 1.165) is 44.4 Å². The molecule has 0 aliphatic heterocycles. The van der Waals surface area contributed by atoms with Crippen LogP contribution in [-0.2, 0) is 0 Å². The Morgan fingerprint density at radius 1 is 1.17 bits per heavy atom. The number of aliphatic hydroxyl groups is 2. The average molecular weight is 320 g/mol. The molecule has 23 heavy (non-hydrogen) atoms. The number of hydrogen-bond acceptors (Lipinski definition) is 2.